The highest BCUT2D eigenvalue weighted by molar-refractivity contribution is 9.11. The van der Waals surface area contributed by atoms with Gasteiger partial charge in [-0.1, -0.05) is 63.7 Å². The Morgan fingerprint density at radius 2 is 1.02 bits per heavy atom. The number of esters is 3. The van der Waals surface area contributed by atoms with Crippen LogP contribution in [0.4, 0.5) is 0 Å². The van der Waals surface area contributed by atoms with Crippen LogP contribution < -0.4 is 0 Å². The maximum atomic E-state index is 13.5. The Bertz CT molecular complexity index is 1800. The maximum Gasteiger partial charge on any atom is 0.338 e. The Balaban J connectivity index is 1.34. The molecule has 0 aliphatic carbocycles. The first kappa shape index (κ1) is 33.5. The lowest BCUT2D eigenvalue weighted by Gasteiger charge is -2.41. The summed E-state index contributed by atoms with van der Waals surface area (Å²) in [7, 11) is 0. The maximum absolute atomic E-state index is 13.5. The molecule has 2 heterocycles. The summed E-state index contributed by atoms with van der Waals surface area (Å²) in [5.41, 5.74) is 1.48. The van der Waals surface area contributed by atoms with E-state index in [4.69, 9.17) is 28.7 Å². The number of hydrogen-bond donors (Lipinski definition) is 0. The lowest BCUT2D eigenvalue weighted by molar-refractivity contribution is -0.233. The van der Waals surface area contributed by atoms with Crippen LogP contribution in [0, 0.1) is 0 Å². The molecule has 0 saturated carbocycles. The van der Waals surface area contributed by atoms with Crippen LogP contribution in [0.2, 0.25) is 0 Å². The third kappa shape index (κ3) is 8.03. The van der Waals surface area contributed by atoms with Crippen molar-refractivity contribution in [3.8, 4) is 0 Å². The minimum atomic E-state index is -1.25. The Hall–Kier alpha value is -3.36. The van der Waals surface area contributed by atoms with Crippen LogP contribution in [0.1, 0.15) is 36.6 Å². The second kappa shape index (κ2) is 14.8. The van der Waals surface area contributed by atoms with Crippen LogP contribution in [-0.2, 0) is 23.7 Å². The summed E-state index contributed by atoms with van der Waals surface area (Å²) >= 11 is 13.5. The molecule has 5 atom stereocenters. The summed E-state index contributed by atoms with van der Waals surface area (Å²) in [6, 6.07) is 26.2. The van der Waals surface area contributed by atoms with Crippen LogP contribution in [0.15, 0.2) is 120 Å². The molecule has 13 heteroatoms. The second-order valence-corrected chi connectivity index (χ2v) is 14.1. The van der Waals surface area contributed by atoms with Gasteiger partial charge in [0, 0.05) is 23.5 Å². The largest absolute Gasteiger partial charge is 0.459 e. The number of carbonyl (C=O) groups excluding carboxylic acids is 3. The van der Waals surface area contributed by atoms with Gasteiger partial charge in [0.25, 0.3) is 0 Å². The van der Waals surface area contributed by atoms with Gasteiger partial charge in [-0.25, -0.2) is 19.4 Å². The van der Waals surface area contributed by atoms with E-state index in [0.29, 0.717) is 11.1 Å². The number of halogens is 4. The Morgan fingerprint density at radius 1 is 0.596 bits per heavy atom. The molecular weight excluding hydrogens is 870 g/mol. The zero-order valence-corrected chi connectivity index (χ0v) is 30.4. The average molecular weight is 893 g/mol. The highest BCUT2D eigenvalue weighted by atomic mass is 79.9. The lowest BCUT2D eigenvalue weighted by atomic mass is 9.96. The first-order valence-corrected chi connectivity index (χ1v) is 17.3. The Labute approximate surface area is 303 Å². The number of fused-ring (bicyclic) bond motifs is 1. The van der Waals surface area contributed by atoms with E-state index in [1.165, 1.54) is 0 Å². The minimum absolute atomic E-state index is 0.251. The van der Waals surface area contributed by atoms with E-state index in [1.807, 2.05) is 24.3 Å². The van der Waals surface area contributed by atoms with Crippen LogP contribution in [0.25, 0.3) is 0 Å². The summed E-state index contributed by atoms with van der Waals surface area (Å²) in [5.74, 6) is -1.74. The molecule has 47 heavy (non-hydrogen) atoms. The number of hydrogen-bond acceptors (Lipinski definition) is 9. The van der Waals surface area contributed by atoms with Crippen molar-refractivity contribution in [3.63, 3.8) is 0 Å². The summed E-state index contributed by atoms with van der Waals surface area (Å²) < 4.78 is 33.4. The molecule has 4 aromatic rings. The van der Waals surface area contributed by atoms with Gasteiger partial charge in [0.1, 0.15) is 12.7 Å². The monoisotopic (exact) mass is 889 g/mol. The fraction of sp³-hybridized carbons (Fsp3) is 0.176. The fourth-order valence-electron chi connectivity index (χ4n) is 4.93. The number of rotatable bonds is 8. The first-order chi connectivity index (χ1) is 22.6. The topological polar surface area (TPSA) is 110 Å². The van der Waals surface area contributed by atoms with Crippen molar-refractivity contribution in [1.82, 2.24) is 0 Å². The van der Waals surface area contributed by atoms with Crippen molar-refractivity contribution in [2.24, 2.45) is 4.99 Å². The molecule has 4 aromatic carbocycles. The normalized spacial score (nSPS) is 21.5. The number of nitrogens with zero attached hydrogens (tertiary/aromatic N) is 1. The van der Waals surface area contributed by atoms with E-state index in [9.17, 15) is 14.4 Å². The SMILES string of the molecule is O=C(OC[C@H]1OC2OC(c3ccc(Br)cc3)=N[C@@H]2[C@@H](OC(=O)c2ccc(Br)cc2)[C@@H]1OC(=O)c1ccc(Br)cc1)c1ccc(Br)cc1. The predicted molar refractivity (Wildman–Crippen MR) is 185 cm³/mol. The van der Waals surface area contributed by atoms with Crippen LogP contribution >= 0.6 is 63.7 Å². The van der Waals surface area contributed by atoms with Gasteiger partial charge in [0.05, 0.1) is 16.7 Å². The molecule has 0 amide bonds. The smallest absolute Gasteiger partial charge is 0.338 e. The van der Waals surface area contributed by atoms with E-state index in [-0.39, 0.29) is 23.6 Å². The third-order valence-corrected chi connectivity index (χ3v) is 9.42. The summed E-state index contributed by atoms with van der Waals surface area (Å²) in [5, 5.41) is 0. The van der Waals surface area contributed by atoms with Gasteiger partial charge in [-0.2, -0.15) is 0 Å². The summed E-state index contributed by atoms with van der Waals surface area (Å²) in [6.07, 6.45) is -4.58. The lowest BCUT2D eigenvalue weighted by Crippen LogP contribution is -2.60. The standard InChI is InChI=1S/C34H23Br4NO8/c35-22-9-1-18(2-10-22)30-39-27-29(46-33(42)21-7-15-25(38)16-8-21)28(45-32(41)20-5-13-24(37)14-6-20)26(44-34(27)47-30)17-43-31(40)19-3-11-23(36)12-4-19/h1-16,26-29,34H,17H2/t26-,27-,28-,29-,34?/m1/s1. The zero-order valence-electron chi connectivity index (χ0n) is 24.1. The van der Waals surface area contributed by atoms with Gasteiger partial charge in [-0.05, 0) is 97.1 Å². The van der Waals surface area contributed by atoms with Gasteiger partial charge < -0.3 is 23.7 Å². The molecule has 0 spiro atoms. The van der Waals surface area contributed by atoms with Gasteiger partial charge in [-0.3, -0.25) is 0 Å². The number of ether oxygens (including phenoxy) is 5. The van der Waals surface area contributed by atoms with Crippen LogP contribution in [-0.4, -0.2) is 61.1 Å². The average Bonchev–Trinajstić information content (AvgIpc) is 3.50. The van der Waals surface area contributed by atoms with E-state index in [0.717, 1.165) is 17.9 Å². The van der Waals surface area contributed by atoms with Crippen molar-refractivity contribution in [3.05, 3.63) is 137 Å². The van der Waals surface area contributed by atoms with E-state index in [1.54, 1.807) is 72.8 Å². The van der Waals surface area contributed by atoms with Gasteiger partial charge in [0.2, 0.25) is 12.2 Å². The second-order valence-electron chi connectivity index (χ2n) is 10.5. The van der Waals surface area contributed by atoms with Crippen molar-refractivity contribution in [2.75, 3.05) is 6.61 Å². The molecule has 0 radical (unpaired) electrons. The first-order valence-electron chi connectivity index (χ1n) is 14.2. The molecule has 9 nitrogen and oxygen atoms in total. The molecule has 1 fully saturated rings. The molecule has 240 valence electrons. The Kier molecular flexibility index (Phi) is 10.6. The van der Waals surface area contributed by atoms with Crippen LogP contribution in [0.3, 0.4) is 0 Å². The Morgan fingerprint density at radius 3 is 1.51 bits per heavy atom. The quantitative estimate of drug-likeness (QED) is 0.130. The minimum Gasteiger partial charge on any atom is -0.459 e. The fourth-order valence-corrected chi connectivity index (χ4v) is 5.99. The predicted octanol–water partition coefficient (Wildman–Crippen LogP) is 7.92. The van der Waals surface area contributed by atoms with Crippen molar-refractivity contribution in [2.45, 2.75) is 30.6 Å². The summed E-state index contributed by atoms with van der Waals surface area (Å²) in [4.78, 5) is 44.7. The molecule has 0 bridgehead atoms. The summed E-state index contributed by atoms with van der Waals surface area (Å²) in [6.45, 7) is -0.348. The number of benzene rings is 4. The highest BCUT2D eigenvalue weighted by Crippen LogP contribution is 2.35. The number of aliphatic imine (C=N–C) groups is 1. The van der Waals surface area contributed by atoms with Crippen molar-refractivity contribution in [1.29, 1.82) is 0 Å². The molecule has 1 saturated heterocycles. The van der Waals surface area contributed by atoms with Crippen molar-refractivity contribution < 1.29 is 38.1 Å². The third-order valence-electron chi connectivity index (χ3n) is 7.30. The highest BCUT2D eigenvalue weighted by Gasteiger charge is 2.54. The van der Waals surface area contributed by atoms with Crippen LogP contribution in [0.5, 0.6) is 0 Å². The molecule has 2 aliphatic heterocycles. The van der Waals surface area contributed by atoms with Gasteiger partial charge in [0.15, 0.2) is 18.2 Å². The van der Waals surface area contributed by atoms with E-state index in [2.05, 4.69) is 63.7 Å². The van der Waals surface area contributed by atoms with Gasteiger partial charge >= 0.3 is 17.9 Å². The molecular formula is C34H23Br4NO8. The van der Waals surface area contributed by atoms with E-state index >= 15 is 0 Å². The molecule has 2 aliphatic rings. The zero-order chi connectivity index (χ0) is 33.1. The van der Waals surface area contributed by atoms with Gasteiger partial charge in [-0.15, -0.1) is 0 Å². The number of carbonyl (C=O) groups is 3. The molecule has 6 rings (SSSR count). The molecule has 1 unspecified atom stereocenters. The van der Waals surface area contributed by atoms with Crippen molar-refractivity contribution >= 4 is 87.5 Å². The molecule has 0 N–H and O–H groups in total. The van der Waals surface area contributed by atoms with E-state index < -0.39 is 48.6 Å². The molecule has 0 aromatic heterocycles.